The molecule has 2 aromatic rings. The minimum absolute atomic E-state index is 0.183. The van der Waals surface area contributed by atoms with Gasteiger partial charge >= 0.3 is 0 Å². The molecule has 2 aliphatic rings. The first-order valence-electron chi connectivity index (χ1n) is 10.4. The Balaban J connectivity index is 1.43. The van der Waals surface area contributed by atoms with Gasteiger partial charge < -0.3 is 19.6 Å². The second-order valence-corrected chi connectivity index (χ2v) is 8.09. The molecule has 150 valence electrons. The number of anilines is 1. The molecule has 0 unspecified atom stereocenters. The van der Waals surface area contributed by atoms with E-state index in [1.54, 1.807) is 6.92 Å². The maximum absolute atomic E-state index is 11.3. The standard InChI is InChI=1S/C22H29N3O3/c1-15(26)13-16-5-7-18(8-6-16)24-22-23-14-17-3-2-4-20(21(17)25-22)28-19-9-11-27-12-10-19/h2-4,14,16,18-19H,5-13H2,1H3,(H,23,24,25). The first-order valence-corrected chi connectivity index (χ1v) is 10.4. The number of benzene rings is 1. The second kappa shape index (κ2) is 8.86. The SMILES string of the molecule is CC(=O)CC1CCC(Nc2ncc3cccc(OC4CCOCC4)c3n2)CC1. The molecule has 28 heavy (non-hydrogen) atoms. The van der Waals surface area contributed by atoms with Crippen molar-refractivity contribution in [2.75, 3.05) is 18.5 Å². The number of para-hydroxylation sites is 1. The Labute approximate surface area is 166 Å². The van der Waals surface area contributed by atoms with E-state index in [-0.39, 0.29) is 6.10 Å². The highest BCUT2D eigenvalue weighted by Crippen LogP contribution is 2.30. The fourth-order valence-corrected chi connectivity index (χ4v) is 4.27. The van der Waals surface area contributed by atoms with Crippen LogP contribution in [0.1, 0.15) is 51.9 Å². The molecule has 0 amide bonds. The van der Waals surface area contributed by atoms with Crippen molar-refractivity contribution in [3.63, 3.8) is 0 Å². The van der Waals surface area contributed by atoms with Crippen LogP contribution in [-0.2, 0) is 9.53 Å². The van der Waals surface area contributed by atoms with Gasteiger partial charge in [-0.05, 0) is 44.6 Å². The Morgan fingerprint density at radius 3 is 2.71 bits per heavy atom. The van der Waals surface area contributed by atoms with Crippen molar-refractivity contribution in [3.8, 4) is 5.75 Å². The molecule has 6 heteroatoms. The fraction of sp³-hybridized carbons (Fsp3) is 0.591. The Morgan fingerprint density at radius 2 is 1.96 bits per heavy atom. The summed E-state index contributed by atoms with van der Waals surface area (Å²) < 4.78 is 11.7. The molecule has 2 heterocycles. The Morgan fingerprint density at radius 1 is 1.18 bits per heavy atom. The summed E-state index contributed by atoms with van der Waals surface area (Å²) in [6.07, 6.45) is 8.87. The summed E-state index contributed by atoms with van der Waals surface area (Å²) in [5, 5.41) is 4.48. The molecule has 1 aliphatic heterocycles. The average Bonchev–Trinajstić information content (AvgIpc) is 2.70. The molecule has 1 aromatic carbocycles. The quantitative estimate of drug-likeness (QED) is 0.808. The largest absolute Gasteiger partial charge is 0.488 e. The maximum Gasteiger partial charge on any atom is 0.223 e. The summed E-state index contributed by atoms with van der Waals surface area (Å²) >= 11 is 0. The zero-order valence-electron chi connectivity index (χ0n) is 16.5. The van der Waals surface area contributed by atoms with Gasteiger partial charge in [-0.1, -0.05) is 12.1 Å². The molecule has 1 saturated heterocycles. The number of ether oxygens (including phenoxy) is 2. The monoisotopic (exact) mass is 383 g/mol. The van der Waals surface area contributed by atoms with E-state index in [9.17, 15) is 4.79 Å². The van der Waals surface area contributed by atoms with Crippen LogP contribution in [0, 0.1) is 5.92 Å². The highest BCUT2D eigenvalue weighted by molar-refractivity contribution is 5.84. The predicted octanol–water partition coefficient (Wildman–Crippen LogP) is 4.14. The Bertz CT molecular complexity index is 812. The molecule has 0 atom stereocenters. The molecule has 1 aliphatic carbocycles. The molecule has 0 spiro atoms. The topological polar surface area (TPSA) is 73.3 Å². The summed E-state index contributed by atoms with van der Waals surface area (Å²) in [5.74, 6) is 2.31. The third-order valence-corrected chi connectivity index (χ3v) is 5.79. The van der Waals surface area contributed by atoms with E-state index in [4.69, 9.17) is 14.5 Å². The first kappa shape index (κ1) is 19.1. The van der Waals surface area contributed by atoms with Crippen molar-refractivity contribution in [2.24, 2.45) is 5.92 Å². The zero-order valence-corrected chi connectivity index (χ0v) is 16.5. The van der Waals surface area contributed by atoms with Crippen molar-refractivity contribution >= 4 is 22.6 Å². The molecule has 1 saturated carbocycles. The van der Waals surface area contributed by atoms with Crippen molar-refractivity contribution in [3.05, 3.63) is 24.4 Å². The first-order chi connectivity index (χ1) is 13.7. The smallest absolute Gasteiger partial charge is 0.223 e. The fourth-order valence-electron chi connectivity index (χ4n) is 4.27. The van der Waals surface area contributed by atoms with Gasteiger partial charge in [0.25, 0.3) is 0 Å². The second-order valence-electron chi connectivity index (χ2n) is 8.09. The number of carbonyl (C=O) groups is 1. The lowest BCUT2D eigenvalue weighted by molar-refractivity contribution is -0.118. The molecule has 0 bridgehead atoms. The number of ketones is 1. The molecule has 0 radical (unpaired) electrons. The lowest BCUT2D eigenvalue weighted by Gasteiger charge is -2.28. The minimum Gasteiger partial charge on any atom is -0.488 e. The van der Waals surface area contributed by atoms with Crippen molar-refractivity contribution < 1.29 is 14.3 Å². The van der Waals surface area contributed by atoms with Crippen molar-refractivity contribution in [2.45, 2.75) is 64.0 Å². The van der Waals surface area contributed by atoms with Crippen LogP contribution < -0.4 is 10.1 Å². The summed E-state index contributed by atoms with van der Waals surface area (Å²) in [5.41, 5.74) is 0.858. The van der Waals surface area contributed by atoms with Crippen LogP contribution in [0.25, 0.3) is 10.9 Å². The van der Waals surface area contributed by atoms with E-state index in [1.165, 1.54) is 0 Å². The molecule has 1 aromatic heterocycles. The van der Waals surface area contributed by atoms with Crippen molar-refractivity contribution in [1.29, 1.82) is 0 Å². The minimum atomic E-state index is 0.183. The molecule has 4 rings (SSSR count). The van der Waals surface area contributed by atoms with Crippen LogP contribution in [0.2, 0.25) is 0 Å². The number of nitrogens with zero attached hydrogens (tertiary/aromatic N) is 2. The number of hydrogen-bond donors (Lipinski definition) is 1. The Kier molecular flexibility index (Phi) is 6.05. The number of hydrogen-bond acceptors (Lipinski definition) is 6. The number of carbonyl (C=O) groups excluding carboxylic acids is 1. The lowest BCUT2D eigenvalue weighted by atomic mass is 9.83. The van der Waals surface area contributed by atoms with Gasteiger partial charge in [0.05, 0.1) is 13.2 Å². The number of fused-ring (bicyclic) bond motifs is 1. The highest BCUT2D eigenvalue weighted by Gasteiger charge is 2.23. The zero-order chi connectivity index (χ0) is 19.3. The molecular weight excluding hydrogens is 354 g/mol. The number of aromatic nitrogens is 2. The Hall–Kier alpha value is -2.21. The van der Waals surface area contributed by atoms with E-state index >= 15 is 0 Å². The van der Waals surface area contributed by atoms with Crippen LogP contribution in [0.15, 0.2) is 24.4 Å². The molecule has 6 nitrogen and oxygen atoms in total. The van der Waals surface area contributed by atoms with Gasteiger partial charge in [0.2, 0.25) is 5.95 Å². The summed E-state index contributed by atoms with van der Waals surface area (Å²) in [6, 6.07) is 6.36. The highest BCUT2D eigenvalue weighted by atomic mass is 16.5. The third-order valence-electron chi connectivity index (χ3n) is 5.79. The van der Waals surface area contributed by atoms with Crippen LogP contribution in [0.5, 0.6) is 5.75 Å². The van der Waals surface area contributed by atoms with Gasteiger partial charge in [-0.25, -0.2) is 9.97 Å². The van der Waals surface area contributed by atoms with Crippen molar-refractivity contribution in [1.82, 2.24) is 9.97 Å². The summed E-state index contributed by atoms with van der Waals surface area (Å²) in [4.78, 5) is 20.6. The van der Waals surface area contributed by atoms with Gasteiger partial charge in [0, 0.05) is 36.9 Å². The van der Waals surface area contributed by atoms with E-state index in [2.05, 4.69) is 10.3 Å². The van der Waals surface area contributed by atoms with Gasteiger partial charge in [-0.2, -0.15) is 0 Å². The normalized spacial score (nSPS) is 23.5. The average molecular weight is 383 g/mol. The van der Waals surface area contributed by atoms with Crippen LogP contribution in [0.3, 0.4) is 0 Å². The molecule has 2 fully saturated rings. The molecule has 1 N–H and O–H groups in total. The predicted molar refractivity (Wildman–Crippen MR) is 109 cm³/mol. The van der Waals surface area contributed by atoms with E-state index in [0.29, 0.717) is 30.1 Å². The van der Waals surface area contributed by atoms with E-state index in [1.807, 2.05) is 24.4 Å². The number of rotatable bonds is 6. The van der Waals surface area contributed by atoms with Crippen LogP contribution in [-0.4, -0.2) is 41.1 Å². The summed E-state index contributed by atoms with van der Waals surface area (Å²) in [6.45, 7) is 3.19. The lowest BCUT2D eigenvalue weighted by Crippen LogP contribution is -2.27. The maximum atomic E-state index is 11.3. The summed E-state index contributed by atoms with van der Waals surface area (Å²) in [7, 11) is 0. The number of Topliss-reactive ketones (excluding diaryl/α,β-unsaturated/α-hetero) is 1. The van der Waals surface area contributed by atoms with E-state index < -0.39 is 0 Å². The van der Waals surface area contributed by atoms with Gasteiger partial charge in [0.15, 0.2) is 0 Å². The van der Waals surface area contributed by atoms with Gasteiger partial charge in [-0.15, -0.1) is 0 Å². The van der Waals surface area contributed by atoms with Crippen LogP contribution >= 0.6 is 0 Å². The van der Waals surface area contributed by atoms with Gasteiger partial charge in [-0.3, -0.25) is 0 Å². The number of nitrogens with one attached hydrogen (secondary N) is 1. The van der Waals surface area contributed by atoms with Gasteiger partial charge in [0.1, 0.15) is 23.2 Å². The molecular formula is C22H29N3O3. The van der Waals surface area contributed by atoms with Crippen LogP contribution in [0.4, 0.5) is 5.95 Å². The third kappa shape index (κ3) is 4.79. The van der Waals surface area contributed by atoms with E-state index in [0.717, 1.165) is 68.4 Å².